The van der Waals surface area contributed by atoms with Crippen molar-refractivity contribution in [1.82, 2.24) is 10.3 Å². The zero-order chi connectivity index (χ0) is 27.4. The molecular formula is C28H32FN3O6S. The highest BCUT2D eigenvalue weighted by molar-refractivity contribution is 7.13. The molecule has 1 fully saturated rings. The maximum absolute atomic E-state index is 14.5. The van der Waals surface area contributed by atoms with E-state index in [0.717, 1.165) is 42.9 Å². The number of anilines is 1. The third-order valence-corrected chi connectivity index (χ3v) is 7.73. The van der Waals surface area contributed by atoms with Crippen LogP contribution in [0.25, 0.3) is 0 Å². The Balaban J connectivity index is 1.45. The molecule has 2 aliphatic heterocycles. The summed E-state index contributed by atoms with van der Waals surface area (Å²) in [6, 6.07) is 7.58. The van der Waals surface area contributed by atoms with E-state index in [-0.39, 0.29) is 29.7 Å². The Morgan fingerprint density at radius 2 is 2.18 bits per heavy atom. The van der Waals surface area contributed by atoms with E-state index in [9.17, 15) is 19.4 Å². The molecule has 1 unspecified atom stereocenters. The van der Waals surface area contributed by atoms with Gasteiger partial charge in [0.15, 0.2) is 22.9 Å². The summed E-state index contributed by atoms with van der Waals surface area (Å²) in [4.78, 5) is 17.0. The van der Waals surface area contributed by atoms with Crippen LogP contribution >= 0.6 is 11.3 Å². The monoisotopic (exact) mass is 557 g/mol. The molecule has 39 heavy (non-hydrogen) atoms. The van der Waals surface area contributed by atoms with Crippen molar-refractivity contribution in [3.8, 4) is 17.2 Å². The molecular weight excluding hydrogens is 525 g/mol. The van der Waals surface area contributed by atoms with Gasteiger partial charge in [0.1, 0.15) is 18.2 Å². The van der Waals surface area contributed by atoms with Crippen LogP contribution in [-0.2, 0) is 21.5 Å². The summed E-state index contributed by atoms with van der Waals surface area (Å²) in [5, 5.41) is 27.4. The number of nitrogens with one attached hydrogen (secondary N) is 2. The smallest absolute Gasteiger partial charge is 0.228 e. The Morgan fingerprint density at radius 3 is 2.90 bits per heavy atom. The lowest BCUT2D eigenvalue weighted by Gasteiger charge is -2.37. The van der Waals surface area contributed by atoms with Crippen molar-refractivity contribution in [2.24, 2.45) is 0 Å². The van der Waals surface area contributed by atoms with Crippen LogP contribution in [0.1, 0.15) is 55.6 Å². The minimum atomic E-state index is -1.93. The molecule has 5 rings (SSSR count). The fraction of sp³-hybridized carbons (Fsp3) is 0.429. The van der Waals surface area contributed by atoms with Crippen LogP contribution < -0.4 is 20.1 Å². The molecule has 3 aromatic rings. The van der Waals surface area contributed by atoms with E-state index in [1.54, 1.807) is 11.6 Å². The van der Waals surface area contributed by atoms with Gasteiger partial charge in [-0.1, -0.05) is 0 Å². The van der Waals surface area contributed by atoms with Crippen molar-refractivity contribution in [1.29, 1.82) is 0 Å². The summed E-state index contributed by atoms with van der Waals surface area (Å²) in [5.74, 6) is 0.0411. The highest BCUT2D eigenvalue weighted by atomic mass is 32.1. The Hall–Kier alpha value is -3.09. The third kappa shape index (κ3) is 6.56. The van der Waals surface area contributed by atoms with E-state index in [1.807, 2.05) is 19.1 Å². The topological polar surface area (TPSA) is 122 Å². The summed E-state index contributed by atoms with van der Waals surface area (Å²) >= 11 is 1.35. The molecule has 9 nitrogen and oxygen atoms in total. The molecule has 0 saturated carbocycles. The first-order valence-corrected chi connectivity index (χ1v) is 13.9. The van der Waals surface area contributed by atoms with Crippen LogP contribution in [0.5, 0.6) is 17.2 Å². The van der Waals surface area contributed by atoms with Gasteiger partial charge in [-0.05, 0) is 68.0 Å². The molecule has 0 aliphatic carbocycles. The number of thiazole rings is 1. The first kappa shape index (κ1) is 27.5. The van der Waals surface area contributed by atoms with Gasteiger partial charge >= 0.3 is 0 Å². The molecule has 4 N–H and O–H groups in total. The Bertz CT molecular complexity index is 1300. The second-order valence-electron chi connectivity index (χ2n) is 9.99. The van der Waals surface area contributed by atoms with E-state index in [2.05, 4.69) is 15.6 Å². The van der Waals surface area contributed by atoms with E-state index in [0.29, 0.717) is 36.4 Å². The molecule has 11 heteroatoms. The lowest BCUT2D eigenvalue weighted by atomic mass is 9.81. The summed E-state index contributed by atoms with van der Waals surface area (Å²) in [6.45, 7) is 3.70. The maximum Gasteiger partial charge on any atom is 0.228 e. The average molecular weight is 558 g/mol. The summed E-state index contributed by atoms with van der Waals surface area (Å²) in [5.41, 5.74) is 0.952. The Labute approximate surface area is 229 Å². The number of benzene rings is 2. The minimum absolute atomic E-state index is 0.0214. The lowest BCUT2D eigenvalue weighted by molar-refractivity contribution is -0.117. The van der Waals surface area contributed by atoms with Crippen molar-refractivity contribution in [2.75, 3.05) is 25.1 Å². The zero-order valence-corrected chi connectivity index (χ0v) is 22.4. The Morgan fingerprint density at radius 1 is 1.31 bits per heavy atom. The number of carbonyl (C=O) groups is 1. The number of halogens is 1. The van der Waals surface area contributed by atoms with Gasteiger partial charge in [0.2, 0.25) is 5.91 Å². The van der Waals surface area contributed by atoms with Crippen molar-refractivity contribution in [2.45, 2.75) is 57.0 Å². The van der Waals surface area contributed by atoms with Crippen molar-refractivity contribution < 1.29 is 33.6 Å². The van der Waals surface area contributed by atoms with Gasteiger partial charge in [0.05, 0.1) is 6.10 Å². The largest absolute Gasteiger partial charge is 0.487 e. The standard InChI is InChI=1S/C28H32FN3O6S/c1-28(15-25(33)32-27-30-9-11-39-27)21-14-24(38-18-5-6-20(26(34)35)22(29)13-18)23(12-17(21)7-8-31-28)37-16-19-4-2-3-10-36-19/h5-6,9,11-14,19,26,31,34-35H,2-4,7-8,10,15-16H2,1H3,(H,30,32,33)/t19?,28-/m1/s1. The molecule has 0 spiro atoms. The number of aromatic nitrogens is 1. The maximum atomic E-state index is 14.5. The van der Waals surface area contributed by atoms with Gasteiger partial charge in [0, 0.05) is 48.3 Å². The number of amides is 1. The third-order valence-electron chi connectivity index (χ3n) is 7.04. The van der Waals surface area contributed by atoms with Crippen LogP contribution in [0.15, 0.2) is 41.9 Å². The molecule has 208 valence electrons. The highest BCUT2D eigenvalue weighted by Crippen LogP contribution is 2.41. The van der Waals surface area contributed by atoms with Gasteiger partial charge in [-0.15, -0.1) is 11.3 Å². The predicted molar refractivity (Wildman–Crippen MR) is 144 cm³/mol. The zero-order valence-electron chi connectivity index (χ0n) is 21.6. The van der Waals surface area contributed by atoms with E-state index in [1.165, 1.54) is 23.5 Å². The molecule has 0 bridgehead atoms. The molecule has 2 aliphatic rings. The number of hydrogen-bond acceptors (Lipinski definition) is 9. The molecule has 3 heterocycles. The van der Waals surface area contributed by atoms with Gasteiger partial charge in [-0.25, -0.2) is 9.37 Å². The minimum Gasteiger partial charge on any atom is -0.487 e. The summed E-state index contributed by atoms with van der Waals surface area (Å²) in [7, 11) is 0. The summed E-state index contributed by atoms with van der Waals surface area (Å²) in [6.07, 6.45) is 3.60. The number of nitrogens with zero attached hydrogens (tertiary/aromatic N) is 1. The molecule has 1 aromatic heterocycles. The van der Waals surface area contributed by atoms with E-state index >= 15 is 0 Å². The van der Waals surface area contributed by atoms with Gasteiger partial charge in [-0.2, -0.15) is 0 Å². The number of aliphatic hydroxyl groups excluding tert-OH is 1. The average Bonchev–Trinajstić information content (AvgIpc) is 3.41. The molecule has 0 radical (unpaired) electrons. The second kappa shape index (κ2) is 12.0. The highest BCUT2D eigenvalue weighted by Gasteiger charge is 2.35. The normalized spacial score (nSPS) is 20.9. The predicted octanol–water partition coefficient (Wildman–Crippen LogP) is 4.40. The second-order valence-corrected chi connectivity index (χ2v) is 10.9. The number of hydrogen-bond donors (Lipinski definition) is 4. The van der Waals surface area contributed by atoms with Crippen LogP contribution in [0.3, 0.4) is 0 Å². The van der Waals surface area contributed by atoms with Gasteiger partial charge in [0.25, 0.3) is 0 Å². The lowest BCUT2D eigenvalue weighted by Crippen LogP contribution is -2.47. The number of fused-ring (bicyclic) bond motifs is 1. The Kier molecular flexibility index (Phi) is 8.43. The number of ether oxygens (including phenoxy) is 3. The van der Waals surface area contributed by atoms with Crippen LogP contribution in [0.4, 0.5) is 9.52 Å². The van der Waals surface area contributed by atoms with Gasteiger partial charge in [-0.3, -0.25) is 4.79 Å². The van der Waals surface area contributed by atoms with Crippen molar-refractivity contribution in [3.63, 3.8) is 0 Å². The molecule has 2 atom stereocenters. The fourth-order valence-corrected chi connectivity index (χ4v) is 5.59. The van der Waals surface area contributed by atoms with Crippen LogP contribution in [0, 0.1) is 5.82 Å². The molecule has 2 aromatic carbocycles. The SMILES string of the molecule is C[C@]1(CC(=O)Nc2nccs2)NCCc2cc(OCC3CCCCO3)c(Oc3ccc(C(O)O)c(F)c3)cc21. The fourth-order valence-electron chi connectivity index (χ4n) is 5.04. The first-order chi connectivity index (χ1) is 18.8. The summed E-state index contributed by atoms with van der Waals surface area (Å²) < 4.78 is 32.6. The van der Waals surface area contributed by atoms with Crippen LogP contribution in [-0.4, -0.2) is 47.0 Å². The van der Waals surface area contributed by atoms with E-state index < -0.39 is 17.6 Å². The first-order valence-electron chi connectivity index (χ1n) is 13.0. The number of aliphatic hydroxyl groups is 2. The number of rotatable bonds is 9. The quantitative estimate of drug-likeness (QED) is 0.286. The molecule has 1 saturated heterocycles. The van der Waals surface area contributed by atoms with Gasteiger partial charge < -0.3 is 35.1 Å². The molecule has 1 amide bonds. The van der Waals surface area contributed by atoms with E-state index in [4.69, 9.17) is 14.2 Å². The van der Waals surface area contributed by atoms with Crippen molar-refractivity contribution in [3.05, 3.63) is 64.4 Å². The van der Waals surface area contributed by atoms with Crippen molar-refractivity contribution >= 4 is 22.4 Å². The number of carbonyl (C=O) groups excluding carboxylic acids is 1. The van der Waals surface area contributed by atoms with Crippen LogP contribution in [0.2, 0.25) is 0 Å².